The Kier molecular flexibility index (Phi) is 3.68. The van der Waals surface area contributed by atoms with Crippen LogP contribution < -0.4 is 0 Å². The van der Waals surface area contributed by atoms with Crippen LogP contribution in [0.15, 0.2) is 46.5 Å². The molecule has 0 aliphatic heterocycles. The van der Waals surface area contributed by atoms with Crippen LogP contribution in [0, 0.1) is 20.8 Å². The van der Waals surface area contributed by atoms with Gasteiger partial charge in [0.1, 0.15) is 5.76 Å². The summed E-state index contributed by atoms with van der Waals surface area (Å²) in [6.07, 6.45) is 3.72. The van der Waals surface area contributed by atoms with E-state index in [4.69, 9.17) is 4.52 Å². The topological polar surface area (TPSA) is 48.0 Å². The highest BCUT2D eigenvalue weighted by atomic mass is 16.5. The van der Waals surface area contributed by atoms with Gasteiger partial charge >= 0.3 is 0 Å². The number of ketones is 1. The van der Waals surface area contributed by atoms with Crippen molar-refractivity contribution in [3.05, 3.63) is 75.8 Å². The first-order valence-electron chi connectivity index (χ1n) is 8.50. The molecule has 2 aromatic heterocycles. The molecule has 3 aromatic rings. The number of aromatic nitrogens is 2. The fourth-order valence-electron chi connectivity index (χ4n) is 3.59. The number of carbonyl (C=O) groups excluding carboxylic acids is 1. The molecule has 4 nitrogen and oxygen atoms in total. The van der Waals surface area contributed by atoms with E-state index < -0.39 is 0 Å². The van der Waals surface area contributed by atoms with Crippen LogP contribution in [0.25, 0.3) is 11.9 Å². The molecule has 0 fully saturated rings. The Balaban J connectivity index is 1.75. The van der Waals surface area contributed by atoms with Gasteiger partial charge < -0.3 is 4.52 Å². The van der Waals surface area contributed by atoms with E-state index in [2.05, 4.69) is 15.8 Å². The van der Waals surface area contributed by atoms with Crippen LogP contribution in [0.3, 0.4) is 0 Å². The molecule has 0 radical (unpaired) electrons. The van der Waals surface area contributed by atoms with Gasteiger partial charge in [0.2, 0.25) is 0 Å². The van der Waals surface area contributed by atoms with Gasteiger partial charge in [-0.25, -0.2) is 0 Å². The summed E-state index contributed by atoms with van der Waals surface area (Å²) in [7, 11) is 0. The third kappa shape index (κ3) is 2.64. The van der Waals surface area contributed by atoms with Crippen LogP contribution in [0.5, 0.6) is 0 Å². The summed E-state index contributed by atoms with van der Waals surface area (Å²) in [4.78, 5) is 12.8. The van der Waals surface area contributed by atoms with Crippen molar-refractivity contribution in [2.75, 3.05) is 0 Å². The largest absolute Gasteiger partial charge is 0.360 e. The summed E-state index contributed by atoms with van der Waals surface area (Å²) in [5.41, 5.74) is 6.04. The van der Waals surface area contributed by atoms with Gasteiger partial charge in [-0.05, 0) is 56.9 Å². The molecule has 0 bridgehead atoms. The van der Waals surface area contributed by atoms with E-state index in [-0.39, 0.29) is 5.78 Å². The van der Waals surface area contributed by atoms with Crippen molar-refractivity contribution in [3.8, 4) is 5.82 Å². The second-order valence-corrected chi connectivity index (χ2v) is 6.61. The fourth-order valence-corrected chi connectivity index (χ4v) is 3.59. The SMILES string of the molecule is Cc1cc(-n2c(C)cc(C=C3CCc4ccccc4C3=O)c2C)no1. The lowest BCUT2D eigenvalue weighted by Crippen LogP contribution is -2.13. The number of carbonyl (C=O) groups is 1. The minimum absolute atomic E-state index is 0.143. The van der Waals surface area contributed by atoms with Crippen LogP contribution in [-0.2, 0) is 6.42 Å². The van der Waals surface area contributed by atoms with Gasteiger partial charge in [0.25, 0.3) is 0 Å². The summed E-state index contributed by atoms with van der Waals surface area (Å²) in [5, 5.41) is 4.11. The van der Waals surface area contributed by atoms with E-state index in [1.165, 1.54) is 0 Å². The first kappa shape index (κ1) is 15.6. The third-order valence-electron chi connectivity index (χ3n) is 4.86. The Morgan fingerprint density at radius 1 is 1.12 bits per heavy atom. The summed E-state index contributed by atoms with van der Waals surface area (Å²) in [5.74, 6) is 1.70. The van der Waals surface area contributed by atoms with Crippen LogP contribution in [-0.4, -0.2) is 15.5 Å². The molecule has 1 aliphatic rings. The zero-order chi connectivity index (χ0) is 17.6. The minimum atomic E-state index is 0.143. The highest BCUT2D eigenvalue weighted by molar-refractivity contribution is 6.13. The van der Waals surface area contributed by atoms with Crippen molar-refractivity contribution >= 4 is 11.9 Å². The van der Waals surface area contributed by atoms with E-state index in [9.17, 15) is 4.79 Å². The van der Waals surface area contributed by atoms with E-state index in [0.717, 1.165) is 58.1 Å². The number of benzene rings is 1. The van der Waals surface area contributed by atoms with Crippen LogP contribution in [0.4, 0.5) is 0 Å². The van der Waals surface area contributed by atoms with Gasteiger partial charge in [0, 0.05) is 28.6 Å². The van der Waals surface area contributed by atoms with Gasteiger partial charge in [-0.1, -0.05) is 29.4 Å². The van der Waals surface area contributed by atoms with Crippen molar-refractivity contribution < 1.29 is 9.32 Å². The molecule has 2 heterocycles. The molecule has 25 heavy (non-hydrogen) atoms. The predicted molar refractivity (Wildman–Crippen MR) is 97.1 cm³/mol. The van der Waals surface area contributed by atoms with Crippen LogP contribution in [0.2, 0.25) is 0 Å². The Hall–Kier alpha value is -2.88. The van der Waals surface area contributed by atoms with Crippen molar-refractivity contribution in [2.45, 2.75) is 33.6 Å². The molecule has 0 spiro atoms. The lowest BCUT2D eigenvalue weighted by molar-refractivity contribution is 0.102. The Morgan fingerprint density at radius 2 is 1.92 bits per heavy atom. The number of fused-ring (bicyclic) bond motifs is 1. The smallest absolute Gasteiger partial charge is 0.189 e. The molecule has 4 rings (SSSR count). The third-order valence-corrected chi connectivity index (χ3v) is 4.86. The number of hydrogen-bond donors (Lipinski definition) is 0. The monoisotopic (exact) mass is 332 g/mol. The van der Waals surface area contributed by atoms with Crippen molar-refractivity contribution in [1.82, 2.24) is 9.72 Å². The second kappa shape index (κ2) is 5.88. The normalized spacial score (nSPS) is 15.6. The van der Waals surface area contributed by atoms with E-state index in [1.54, 1.807) is 0 Å². The molecular formula is C21H20N2O2. The zero-order valence-corrected chi connectivity index (χ0v) is 14.7. The van der Waals surface area contributed by atoms with E-state index in [0.29, 0.717) is 0 Å². The Labute approximate surface area is 146 Å². The molecule has 1 aromatic carbocycles. The van der Waals surface area contributed by atoms with Crippen LogP contribution >= 0.6 is 0 Å². The maximum absolute atomic E-state index is 12.8. The van der Waals surface area contributed by atoms with E-state index in [1.807, 2.05) is 57.2 Å². The molecule has 0 amide bonds. The fraction of sp³-hybridized carbons (Fsp3) is 0.238. The summed E-state index contributed by atoms with van der Waals surface area (Å²) < 4.78 is 7.26. The quantitative estimate of drug-likeness (QED) is 0.644. The molecule has 0 N–H and O–H groups in total. The lowest BCUT2D eigenvalue weighted by atomic mass is 9.86. The minimum Gasteiger partial charge on any atom is -0.360 e. The second-order valence-electron chi connectivity index (χ2n) is 6.61. The van der Waals surface area contributed by atoms with E-state index >= 15 is 0 Å². The highest BCUT2D eigenvalue weighted by Gasteiger charge is 2.22. The average Bonchev–Trinajstić information content (AvgIpc) is 3.13. The van der Waals surface area contributed by atoms with Gasteiger partial charge in [-0.15, -0.1) is 0 Å². The first-order chi connectivity index (χ1) is 12.0. The summed E-state index contributed by atoms with van der Waals surface area (Å²) in [6.45, 7) is 5.97. The molecule has 4 heteroatoms. The predicted octanol–water partition coefficient (Wildman–Crippen LogP) is 4.60. The zero-order valence-electron chi connectivity index (χ0n) is 14.7. The number of rotatable bonds is 2. The maximum atomic E-state index is 12.8. The van der Waals surface area contributed by atoms with Crippen LogP contribution in [0.1, 0.15) is 45.1 Å². The van der Waals surface area contributed by atoms with Crippen molar-refractivity contribution in [3.63, 3.8) is 0 Å². The van der Waals surface area contributed by atoms with Gasteiger partial charge in [-0.3, -0.25) is 9.36 Å². The number of aryl methyl sites for hydroxylation is 3. The number of nitrogens with zero attached hydrogens (tertiary/aromatic N) is 2. The summed E-state index contributed by atoms with van der Waals surface area (Å²) in [6, 6.07) is 11.9. The molecule has 0 saturated heterocycles. The first-order valence-corrected chi connectivity index (χ1v) is 8.50. The standard InChI is InChI=1S/C21H20N2O2/c1-13-10-18(15(3)23(13)20-11-14(2)25-22-20)12-17-9-8-16-6-4-5-7-19(16)21(17)24/h4-7,10-12H,8-9H2,1-3H3. The number of Topliss-reactive ketones (excluding diaryl/α,β-unsaturated/α-hetero) is 1. The molecule has 0 saturated carbocycles. The average molecular weight is 332 g/mol. The number of hydrogen-bond acceptors (Lipinski definition) is 3. The highest BCUT2D eigenvalue weighted by Crippen LogP contribution is 2.29. The van der Waals surface area contributed by atoms with Crippen molar-refractivity contribution in [2.24, 2.45) is 0 Å². The Morgan fingerprint density at radius 3 is 2.68 bits per heavy atom. The molecular weight excluding hydrogens is 312 g/mol. The Bertz CT molecular complexity index is 1000. The molecule has 0 atom stereocenters. The number of allylic oxidation sites excluding steroid dienone is 1. The maximum Gasteiger partial charge on any atom is 0.189 e. The molecule has 1 aliphatic carbocycles. The summed E-state index contributed by atoms with van der Waals surface area (Å²) >= 11 is 0. The van der Waals surface area contributed by atoms with Crippen molar-refractivity contribution in [1.29, 1.82) is 0 Å². The van der Waals surface area contributed by atoms with Gasteiger partial charge in [0.15, 0.2) is 11.6 Å². The molecule has 0 unspecified atom stereocenters. The van der Waals surface area contributed by atoms with Gasteiger partial charge in [0.05, 0.1) is 0 Å². The van der Waals surface area contributed by atoms with Gasteiger partial charge in [-0.2, -0.15) is 0 Å². The lowest BCUT2D eigenvalue weighted by Gasteiger charge is -2.17. The molecule has 126 valence electrons.